The predicted molar refractivity (Wildman–Crippen MR) is 87.4 cm³/mol. The standard InChI is InChI=1S/C14H19Cl2N3O3/c1-9(20)18-14(2,3)13(17)19-22-8-7-21-12-10(15)5-4-6-11(12)16/h4-6H,7-8H2,1-3H3,(H2,17,19)(H,18,20). The van der Waals surface area contributed by atoms with Crippen molar-refractivity contribution in [2.45, 2.75) is 26.3 Å². The van der Waals surface area contributed by atoms with Crippen LogP contribution in [0, 0.1) is 0 Å². The third kappa shape index (κ3) is 5.61. The number of ether oxygens (including phenoxy) is 1. The smallest absolute Gasteiger partial charge is 0.217 e. The van der Waals surface area contributed by atoms with Crippen molar-refractivity contribution in [2.75, 3.05) is 13.2 Å². The van der Waals surface area contributed by atoms with E-state index in [1.54, 1.807) is 32.0 Å². The summed E-state index contributed by atoms with van der Waals surface area (Å²) in [5.74, 6) is 0.336. The highest BCUT2D eigenvalue weighted by Crippen LogP contribution is 2.32. The van der Waals surface area contributed by atoms with E-state index < -0.39 is 5.54 Å². The Hall–Kier alpha value is -1.66. The Labute approximate surface area is 139 Å². The number of nitrogens with zero attached hydrogens (tertiary/aromatic N) is 1. The van der Waals surface area contributed by atoms with E-state index in [0.29, 0.717) is 15.8 Å². The summed E-state index contributed by atoms with van der Waals surface area (Å²) in [7, 11) is 0. The fourth-order valence-corrected chi connectivity index (χ4v) is 2.04. The first-order chi connectivity index (χ1) is 10.2. The van der Waals surface area contributed by atoms with Crippen LogP contribution >= 0.6 is 23.2 Å². The molecule has 0 bridgehead atoms. The van der Waals surface area contributed by atoms with Crippen LogP contribution in [0.15, 0.2) is 23.4 Å². The van der Waals surface area contributed by atoms with Crippen molar-refractivity contribution >= 4 is 34.9 Å². The van der Waals surface area contributed by atoms with Gasteiger partial charge in [0, 0.05) is 6.92 Å². The lowest BCUT2D eigenvalue weighted by molar-refractivity contribution is -0.119. The first kappa shape index (κ1) is 18.4. The van der Waals surface area contributed by atoms with E-state index in [2.05, 4.69) is 10.5 Å². The van der Waals surface area contributed by atoms with Crippen LogP contribution in [0.5, 0.6) is 5.75 Å². The number of hydrogen-bond donors (Lipinski definition) is 2. The van der Waals surface area contributed by atoms with Gasteiger partial charge in [-0.25, -0.2) is 0 Å². The molecule has 0 aliphatic rings. The van der Waals surface area contributed by atoms with Crippen molar-refractivity contribution in [2.24, 2.45) is 10.9 Å². The largest absolute Gasteiger partial charge is 0.487 e. The quantitative estimate of drug-likeness (QED) is 0.343. The van der Waals surface area contributed by atoms with Crippen molar-refractivity contribution < 1.29 is 14.4 Å². The molecule has 0 heterocycles. The van der Waals surface area contributed by atoms with Gasteiger partial charge < -0.3 is 20.6 Å². The number of para-hydroxylation sites is 1. The number of carbonyl (C=O) groups excluding carboxylic acids is 1. The fraction of sp³-hybridized carbons (Fsp3) is 0.429. The molecular formula is C14H19Cl2N3O3. The second-order valence-corrected chi connectivity index (χ2v) is 5.83. The maximum absolute atomic E-state index is 11.1. The van der Waals surface area contributed by atoms with Crippen molar-refractivity contribution in [3.63, 3.8) is 0 Å². The number of hydrogen-bond acceptors (Lipinski definition) is 4. The average molecular weight is 348 g/mol. The molecule has 1 aromatic carbocycles. The second kappa shape index (κ2) is 8.10. The number of amidine groups is 1. The zero-order valence-corrected chi connectivity index (χ0v) is 14.2. The Morgan fingerprint density at radius 1 is 1.32 bits per heavy atom. The zero-order valence-electron chi connectivity index (χ0n) is 12.7. The van der Waals surface area contributed by atoms with Gasteiger partial charge in [-0.1, -0.05) is 34.4 Å². The van der Waals surface area contributed by atoms with Gasteiger partial charge in [-0.2, -0.15) is 0 Å². The minimum Gasteiger partial charge on any atom is -0.487 e. The Balaban J connectivity index is 2.45. The van der Waals surface area contributed by atoms with E-state index >= 15 is 0 Å². The molecule has 0 aliphatic carbocycles. The minimum absolute atomic E-state index is 0.151. The monoisotopic (exact) mass is 347 g/mol. The Morgan fingerprint density at radius 3 is 2.45 bits per heavy atom. The highest BCUT2D eigenvalue weighted by molar-refractivity contribution is 6.37. The van der Waals surface area contributed by atoms with Gasteiger partial charge in [0.2, 0.25) is 5.91 Å². The number of carbonyl (C=O) groups is 1. The average Bonchev–Trinajstić information content (AvgIpc) is 2.39. The summed E-state index contributed by atoms with van der Waals surface area (Å²) in [5.41, 5.74) is 4.98. The second-order valence-electron chi connectivity index (χ2n) is 5.02. The Kier molecular flexibility index (Phi) is 6.77. The Bertz CT molecular complexity index is 542. The van der Waals surface area contributed by atoms with Gasteiger partial charge in [0.1, 0.15) is 6.61 Å². The van der Waals surface area contributed by atoms with Crippen LogP contribution in [0.2, 0.25) is 10.0 Å². The predicted octanol–water partition coefficient (Wildman–Crippen LogP) is 2.58. The first-order valence-electron chi connectivity index (χ1n) is 6.55. The van der Waals surface area contributed by atoms with Gasteiger partial charge in [0.25, 0.3) is 0 Å². The third-order valence-electron chi connectivity index (χ3n) is 2.63. The zero-order chi connectivity index (χ0) is 16.8. The summed E-state index contributed by atoms with van der Waals surface area (Å²) >= 11 is 11.9. The topological polar surface area (TPSA) is 85.9 Å². The number of rotatable bonds is 7. The first-order valence-corrected chi connectivity index (χ1v) is 7.31. The number of halogens is 2. The molecule has 1 aromatic rings. The summed E-state index contributed by atoms with van der Waals surface area (Å²) in [4.78, 5) is 16.1. The molecule has 3 N–H and O–H groups in total. The van der Waals surface area contributed by atoms with Crippen molar-refractivity contribution in [3.05, 3.63) is 28.2 Å². The fourth-order valence-electron chi connectivity index (χ4n) is 1.53. The maximum Gasteiger partial charge on any atom is 0.217 e. The molecule has 22 heavy (non-hydrogen) atoms. The number of oxime groups is 1. The van der Waals surface area contributed by atoms with Gasteiger partial charge in [0.05, 0.1) is 15.6 Å². The Morgan fingerprint density at radius 2 is 1.91 bits per heavy atom. The lowest BCUT2D eigenvalue weighted by Crippen LogP contribution is -2.52. The molecule has 0 aromatic heterocycles. The molecule has 0 atom stereocenters. The molecule has 1 rings (SSSR count). The number of amides is 1. The molecule has 6 nitrogen and oxygen atoms in total. The van der Waals surface area contributed by atoms with Crippen LogP contribution < -0.4 is 15.8 Å². The van der Waals surface area contributed by atoms with Crippen LogP contribution in [-0.2, 0) is 9.63 Å². The lowest BCUT2D eigenvalue weighted by atomic mass is 10.0. The molecule has 0 radical (unpaired) electrons. The summed E-state index contributed by atoms with van der Waals surface area (Å²) < 4.78 is 5.43. The molecule has 0 aliphatic heterocycles. The van der Waals surface area contributed by atoms with E-state index in [9.17, 15) is 4.79 Å². The van der Waals surface area contributed by atoms with Crippen molar-refractivity contribution in [3.8, 4) is 5.75 Å². The van der Waals surface area contributed by atoms with E-state index in [1.807, 2.05) is 0 Å². The SMILES string of the molecule is CC(=O)NC(C)(C)/C(N)=N/OCCOc1c(Cl)cccc1Cl. The van der Waals surface area contributed by atoms with Gasteiger partial charge >= 0.3 is 0 Å². The molecule has 122 valence electrons. The van der Waals surface area contributed by atoms with Gasteiger partial charge in [-0.3, -0.25) is 4.79 Å². The minimum atomic E-state index is -0.793. The van der Waals surface area contributed by atoms with E-state index in [0.717, 1.165) is 0 Å². The van der Waals surface area contributed by atoms with Crippen LogP contribution in [0.1, 0.15) is 20.8 Å². The summed E-state index contributed by atoms with van der Waals surface area (Å²) in [5, 5.41) is 7.26. The van der Waals surface area contributed by atoms with Crippen LogP contribution in [0.3, 0.4) is 0 Å². The summed E-state index contributed by atoms with van der Waals surface area (Å²) in [6, 6.07) is 5.08. The number of nitrogens with two attached hydrogens (primary N) is 1. The van der Waals surface area contributed by atoms with Gasteiger partial charge in [0.15, 0.2) is 18.2 Å². The molecule has 0 saturated heterocycles. The summed E-state index contributed by atoms with van der Waals surface area (Å²) in [6.07, 6.45) is 0. The normalized spacial score (nSPS) is 12.0. The van der Waals surface area contributed by atoms with Gasteiger partial charge in [-0.15, -0.1) is 0 Å². The van der Waals surface area contributed by atoms with Crippen molar-refractivity contribution in [1.82, 2.24) is 5.32 Å². The third-order valence-corrected chi connectivity index (χ3v) is 3.23. The van der Waals surface area contributed by atoms with E-state index in [4.69, 9.17) is 38.5 Å². The van der Waals surface area contributed by atoms with Crippen LogP contribution in [0.4, 0.5) is 0 Å². The molecular weight excluding hydrogens is 329 g/mol. The molecule has 0 unspecified atom stereocenters. The van der Waals surface area contributed by atoms with Crippen LogP contribution in [-0.4, -0.2) is 30.5 Å². The highest BCUT2D eigenvalue weighted by atomic mass is 35.5. The van der Waals surface area contributed by atoms with Gasteiger partial charge in [-0.05, 0) is 26.0 Å². The number of nitrogens with one attached hydrogen (secondary N) is 1. The van der Waals surface area contributed by atoms with Crippen LogP contribution in [0.25, 0.3) is 0 Å². The maximum atomic E-state index is 11.1. The lowest BCUT2D eigenvalue weighted by Gasteiger charge is -2.24. The van der Waals surface area contributed by atoms with E-state index in [1.165, 1.54) is 6.92 Å². The molecule has 8 heteroatoms. The molecule has 0 fully saturated rings. The molecule has 1 amide bonds. The molecule has 0 saturated carbocycles. The highest BCUT2D eigenvalue weighted by Gasteiger charge is 2.24. The van der Waals surface area contributed by atoms with Crippen molar-refractivity contribution in [1.29, 1.82) is 0 Å². The number of benzene rings is 1. The van der Waals surface area contributed by atoms with E-state index in [-0.39, 0.29) is 25.0 Å². The molecule has 0 spiro atoms. The summed E-state index contributed by atoms with van der Waals surface area (Å²) in [6.45, 7) is 5.18.